The molecule has 0 aromatic heterocycles. The molecule has 0 aromatic rings. The average Bonchev–Trinajstić information content (AvgIpc) is 1.59. The second kappa shape index (κ2) is 3.15. The highest BCUT2D eigenvalue weighted by molar-refractivity contribution is 6.20. The molecule has 0 radical (unpaired) electrons. The van der Waals surface area contributed by atoms with Gasteiger partial charge in [-0.2, -0.15) is 0 Å². The van der Waals surface area contributed by atoms with Gasteiger partial charge in [0.05, 0.1) is 0 Å². The van der Waals surface area contributed by atoms with E-state index in [1.54, 1.807) is 6.92 Å². The van der Waals surface area contributed by atoms with E-state index >= 15 is 0 Å². The quantitative estimate of drug-likeness (QED) is 0.396. The molecule has 10 heavy (non-hydrogen) atoms. The van der Waals surface area contributed by atoms with Crippen molar-refractivity contribution >= 4 is 11.5 Å². The first-order chi connectivity index (χ1) is 4.46. The van der Waals surface area contributed by atoms with Crippen LogP contribution < -0.4 is 5.73 Å². The third-order valence-electron chi connectivity index (χ3n) is 1.14. The molecule has 0 atom stereocenters. The van der Waals surface area contributed by atoms with E-state index in [9.17, 15) is 0 Å². The average molecular weight is 141 g/mol. The Balaban J connectivity index is 0. The Bertz CT molecular complexity index is 186. The van der Waals surface area contributed by atoms with Crippen molar-refractivity contribution in [1.82, 2.24) is 0 Å². The van der Waals surface area contributed by atoms with Crippen LogP contribution in [0, 0.1) is 10.8 Å². The Morgan fingerprint density at radius 3 is 1.60 bits per heavy atom. The van der Waals surface area contributed by atoms with Crippen LogP contribution in [0.4, 0.5) is 0 Å². The SMILES string of the molecule is CC(=N)C(C(=N)N)=C(C)C.[HH]. The summed E-state index contributed by atoms with van der Waals surface area (Å²) in [6.45, 7) is 5.31. The van der Waals surface area contributed by atoms with Crippen molar-refractivity contribution in [2.24, 2.45) is 5.73 Å². The first-order valence-electron chi connectivity index (χ1n) is 3.04. The number of amidine groups is 1. The topological polar surface area (TPSA) is 73.7 Å². The molecule has 0 aliphatic rings. The largest absolute Gasteiger partial charge is 0.384 e. The number of allylic oxidation sites excluding steroid dienone is 1. The van der Waals surface area contributed by atoms with E-state index in [1.165, 1.54) is 0 Å². The summed E-state index contributed by atoms with van der Waals surface area (Å²) in [6.07, 6.45) is 0. The van der Waals surface area contributed by atoms with Gasteiger partial charge < -0.3 is 11.1 Å². The summed E-state index contributed by atoms with van der Waals surface area (Å²) in [7, 11) is 0. The van der Waals surface area contributed by atoms with Crippen molar-refractivity contribution in [1.29, 1.82) is 10.8 Å². The smallest absolute Gasteiger partial charge is 0.124 e. The lowest BCUT2D eigenvalue weighted by Gasteiger charge is -2.04. The third kappa shape index (κ3) is 2.01. The number of nitrogens with one attached hydrogen (secondary N) is 2. The maximum atomic E-state index is 7.23. The number of hydrogen-bond donors (Lipinski definition) is 3. The monoisotopic (exact) mass is 141 g/mol. The molecule has 0 aliphatic heterocycles. The number of nitrogens with two attached hydrogens (primary N) is 1. The van der Waals surface area contributed by atoms with Crippen LogP contribution in [0.15, 0.2) is 11.1 Å². The van der Waals surface area contributed by atoms with Gasteiger partial charge in [0, 0.05) is 12.7 Å². The molecule has 3 heteroatoms. The Morgan fingerprint density at radius 1 is 1.20 bits per heavy atom. The van der Waals surface area contributed by atoms with Gasteiger partial charge in [0.2, 0.25) is 0 Å². The fourth-order valence-electron chi connectivity index (χ4n) is 0.846. The van der Waals surface area contributed by atoms with Crippen molar-refractivity contribution in [3.05, 3.63) is 11.1 Å². The molecule has 0 fully saturated rings. The van der Waals surface area contributed by atoms with E-state index in [4.69, 9.17) is 16.6 Å². The van der Waals surface area contributed by atoms with Crippen LogP contribution in [-0.4, -0.2) is 11.5 Å². The van der Waals surface area contributed by atoms with Crippen LogP contribution in [0.2, 0.25) is 0 Å². The lowest BCUT2D eigenvalue weighted by Crippen LogP contribution is -2.18. The summed E-state index contributed by atoms with van der Waals surface area (Å²) in [6, 6.07) is 0. The molecule has 3 nitrogen and oxygen atoms in total. The minimum Gasteiger partial charge on any atom is -0.384 e. The minimum absolute atomic E-state index is 0. The highest BCUT2D eigenvalue weighted by Crippen LogP contribution is 2.03. The van der Waals surface area contributed by atoms with Gasteiger partial charge >= 0.3 is 0 Å². The third-order valence-corrected chi connectivity index (χ3v) is 1.14. The Hall–Kier alpha value is -1.12. The van der Waals surface area contributed by atoms with Crippen molar-refractivity contribution in [2.45, 2.75) is 20.8 Å². The molecule has 0 heterocycles. The van der Waals surface area contributed by atoms with Crippen LogP contribution >= 0.6 is 0 Å². The summed E-state index contributed by atoms with van der Waals surface area (Å²) in [5.74, 6) is -0.0208. The van der Waals surface area contributed by atoms with E-state index in [0.29, 0.717) is 11.3 Å². The van der Waals surface area contributed by atoms with E-state index in [1.807, 2.05) is 13.8 Å². The molecule has 0 saturated carbocycles. The zero-order valence-corrected chi connectivity index (χ0v) is 6.58. The van der Waals surface area contributed by atoms with Gasteiger partial charge in [-0.15, -0.1) is 0 Å². The first-order valence-corrected chi connectivity index (χ1v) is 3.04. The molecule has 0 amide bonds. The highest BCUT2D eigenvalue weighted by Gasteiger charge is 2.04. The van der Waals surface area contributed by atoms with E-state index < -0.39 is 0 Å². The van der Waals surface area contributed by atoms with Gasteiger partial charge in [-0.3, -0.25) is 5.41 Å². The molecular formula is C7H15N3. The zero-order chi connectivity index (χ0) is 8.31. The molecule has 0 rings (SSSR count). The molecule has 0 bridgehead atoms. The predicted molar refractivity (Wildman–Crippen MR) is 45.8 cm³/mol. The van der Waals surface area contributed by atoms with Crippen molar-refractivity contribution in [2.75, 3.05) is 0 Å². The molecule has 0 unspecified atom stereocenters. The molecule has 0 aromatic carbocycles. The summed E-state index contributed by atoms with van der Waals surface area (Å²) in [5, 5.41) is 14.3. The van der Waals surface area contributed by atoms with E-state index in [-0.39, 0.29) is 7.26 Å². The van der Waals surface area contributed by atoms with Crippen molar-refractivity contribution < 1.29 is 1.43 Å². The Labute approximate surface area is 62.4 Å². The fraction of sp³-hybridized carbons (Fsp3) is 0.429. The summed E-state index contributed by atoms with van der Waals surface area (Å²) >= 11 is 0. The van der Waals surface area contributed by atoms with Crippen molar-refractivity contribution in [3.63, 3.8) is 0 Å². The maximum absolute atomic E-state index is 7.23. The molecule has 0 saturated heterocycles. The lowest BCUT2D eigenvalue weighted by atomic mass is 10.1. The van der Waals surface area contributed by atoms with Crippen LogP contribution in [-0.2, 0) is 0 Å². The van der Waals surface area contributed by atoms with Gasteiger partial charge in [-0.25, -0.2) is 0 Å². The number of rotatable bonds is 2. The first kappa shape index (κ1) is 8.88. The Kier molecular flexibility index (Phi) is 2.80. The number of hydrogen-bond acceptors (Lipinski definition) is 2. The van der Waals surface area contributed by atoms with Gasteiger partial charge in [-0.05, 0) is 20.8 Å². The second-order valence-electron chi connectivity index (χ2n) is 2.41. The van der Waals surface area contributed by atoms with Crippen LogP contribution in [0.1, 0.15) is 22.2 Å². The summed E-state index contributed by atoms with van der Waals surface area (Å²) < 4.78 is 0. The van der Waals surface area contributed by atoms with E-state index in [2.05, 4.69) is 0 Å². The zero-order valence-electron chi connectivity index (χ0n) is 6.58. The molecule has 0 aliphatic carbocycles. The predicted octanol–water partition coefficient (Wildman–Crippen LogP) is 1.54. The summed E-state index contributed by atoms with van der Waals surface area (Å²) in [5.41, 5.74) is 7.05. The van der Waals surface area contributed by atoms with Crippen LogP contribution in [0.5, 0.6) is 0 Å². The second-order valence-corrected chi connectivity index (χ2v) is 2.41. The highest BCUT2D eigenvalue weighted by atomic mass is 14.7. The summed E-state index contributed by atoms with van der Waals surface area (Å²) in [4.78, 5) is 0. The standard InChI is InChI=1S/C7H13N3.H2/c1-4(2)6(5(3)8)7(9)10;/h8H,1-3H3,(H3,9,10);1H. The van der Waals surface area contributed by atoms with Gasteiger partial charge in [-0.1, -0.05) is 5.57 Å². The van der Waals surface area contributed by atoms with Gasteiger partial charge in [0.1, 0.15) is 5.84 Å². The molecule has 4 N–H and O–H groups in total. The molecular weight excluding hydrogens is 126 g/mol. The van der Waals surface area contributed by atoms with Gasteiger partial charge in [0.25, 0.3) is 0 Å². The lowest BCUT2D eigenvalue weighted by molar-refractivity contribution is 1.32. The normalized spacial score (nSPS) is 8.70. The van der Waals surface area contributed by atoms with Gasteiger partial charge in [0.15, 0.2) is 0 Å². The van der Waals surface area contributed by atoms with Crippen molar-refractivity contribution in [3.8, 4) is 0 Å². The maximum Gasteiger partial charge on any atom is 0.124 e. The molecule has 0 spiro atoms. The van der Waals surface area contributed by atoms with E-state index in [0.717, 1.165) is 5.57 Å². The fourth-order valence-corrected chi connectivity index (χ4v) is 0.846. The Morgan fingerprint density at radius 2 is 1.60 bits per heavy atom. The van der Waals surface area contributed by atoms with Crippen LogP contribution in [0.25, 0.3) is 0 Å². The minimum atomic E-state index is -0.0208. The van der Waals surface area contributed by atoms with Crippen LogP contribution in [0.3, 0.4) is 0 Å². The molecule has 58 valence electrons.